The molecular weight excluding hydrogens is 244 g/mol. The quantitative estimate of drug-likeness (QED) is 0.686. The summed E-state index contributed by atoms with van der Waals surface area (Å²) in [6, 6.07) is 0. The number of carbonyl (C=O) groups is 2. The Balaban J connectivity index is 1.97. The fraction of sp³-hybridized carbons (Fsp3) is 0.867. The van der Waals surface area contributed by atoms with Crippen LogP contribution in [0.3, 0.4) is 0 Å². The zero-order chi connectivity index (χ0) is 13.5. The first-order valence-corrected chi connectivity index (χ1v) is 7.64. The van der Waals surface area contributed by atoms with Gasteiger partial charge in [0.1, 0.15) is 12.2 Å². The van der Waals surface area contributed by atoms with Gasteiger partial charge in [-0.3, -0.25) is 9.59 Å². The molecule has 0 amide bonds. The summed E-state index contributed by atoms with van der Waals surface area (Å²) in [6.07, 6.45) is 9.39. The van der Waals surface area contributed by atoms with Crippen LogP contribution in [0.5, 0.6) is 0 Å². The summed E-state index contributed by atoms with van der Waals surface area (Å²) in [5.41, 5.74) is 0. The van der Waals surface area contributed by atoms with Crippen molar-refractivity contribution < 1.29 is 19.1 Å². The lowest BCUT2D eigenvalue weighted by Gasteiger charge is -2.28. The monoisotopic (exact) mass is 268 g/mol. The number of ether oxygens (including phenoxy) is 2. The van der Waals surface area contributed by atoms with E-state index < -0.39 is 0 Å². The van der Waals surface area contributed by atoms with Crippen LogP contribution in [0.25, 0.3) is 0 Å². The topological polar surface area (TPSA) is 52.6 Å². The van der Waals surface area contributed by atoms with Crippen LogP contribution in [0.15, 0.2) is 0 Å². The van der Waals surface area contributed by atoms with Gasteiger partial charge >= 0.3 is 11.9 Å². The molecule has 108 valence electrons. The highest BCUT2D eigenvalue weighted by Crippen LogP contribution is 2.24. The molecule has 4 nitrogen and oxygen atoms in total. The number of esters is 2. The van der Waals surface area contributed by atoms with Gasteiger partial charge in [-0.25, -0.2) is 0 Å². The SMILES string of the molecule is O=C1CCCCCCC(C2CCCCCC(=O)O2)O1. The van der Waals surface area contributed by atoms with Crippen LogP contribution in [0.4, 0.5) is 0 Å². The average Bonchev–Trinajstić information content (AvgIpc) is 2.46. The Morgan fingerprint density at radius 2 is 1.05 bits per heavy atom. The second-order valence-corrected chi connectivity index (χ2v) is 5.61. The number of cyclic esters (lactones) is 2. The minimum absolute atomic E-state index is 0.134. The van der Waals surface area contributed by atoms with Gasteiger partial charge in [0.15, 0.2) is 0 Å². The molecule has 2 fully saturated rings. The lowest BCUT2D eigenvalue weighted by Crippen LogP contribution is -2.36. The Bertz CT molecular complexity index is 313. The molecule has 2 aliphatic rings. The standard InChI is InChI=1S/C15H24O4/c16-14-10-6-2-1-4-8-12(18-14)13-9-5-3-7-11-15(17)19-13/h12-13H,1-11H2. The molecule has 4 heteroatoms. The molecule has 2 aliphatic heterocycles. The molecule has 2 atom stereocenters. The molecule has 0 spiro atoms. The number of carbonyl (C=O) groups excluding carboxylic acids is 2. The molecule has 2 saturated heterocycles. The van der Waals surface area contributed by atoms with Crippen LogP contribution in [0, 0.1) is 0 Å². The highest BCUT2D eigenvalue weighted by Gasteiger charge is 2.29. The second-order valence-electron chi connectivity index (χ2n) is 5.61. The van der Waals surface area contributed by atoms with Gasteiger partial charge < -0.3 is 9.47 Å². The summed E-state index contributed by atoms with van der Waals surface area (Å²) >= 11 is 0. The van der Waals surface area contributed by atoms with Crippen molar-refractivity contribution in [3.63, 3.8) is 0 Å². The summed E-state index contributed by atoms with van der Waals surface area (Å²) in [4.78, 5) is 23.3. The Morgan fingerprint density at radius 1 is 0.632 bits per heavy atom. The predicted octanol–water partition coefficient (Wildman–Crippen LogP) is 3.13. The molecule has 0 aromatic rings. The third-order valence-electron chi connectivity index (χ3n) is 3.97. The van der Waals surface area contributed by atoms with E-state index in [0.717, 1.165) is 57.8 Å². The van der Waals surface area contributed by atoms with E-state index >= 15 is 0 Å². The van der Waals surface area contributed by atoms with Crippen molar-refractivity contribution in [1.82, 2.24) is 0 Å². The molecule has 0 aliphatic carbocycles. The Labute approximate surface area is 114 Å². The highest BCUT2D eigenvalue weighted by molar-refractivity contribution is 5.70. The summed E-state index contributed by atoms with van der Waals surface area (Å²) in [5, 5.41) is 0. The highest BCUT2D eigenvalue weighted by atomic mass is 16.6. The predicted molar refractivity (Wildman–Crippen MR) is 70.5 cm³/mol. The molecular formula is C15H24O4. The fourth-order valence-electron chi connectivity index (χ4n) is 2.86. The molecule has 0 saturated carbocycles. The summed E-state index contributed by atoms with van der Waals surface area (Å²) in [6.45, 7) is 0. The van der Waals surface area contributed by atoms with Crippen molar-refractivity contribution in [2.24, 2.45) is 0 Å². The zero-order valence-corrected chi connectivity index (χ0v) is 11.6. The molecule has 2 unspecified atom stereocenters. The van der Waals surface area contributed by atoms with Crippen molar-refractivity contribution in [3.8, 4) is 0 Å². The Morgan fingerprint density at radius 3 is 1.58 bits per heavy atom. The summed E-state index contributed by atoms with van der Waals surface area (Å²) in [7, 11) is 0. The van der Waals surface area contributed by atoms with Crippen LogP contribution in [-0.4, -0.2) is 24.1 Å². The third-order valence-corrected chi connectivity index (χ3v) is 3.97. The van der Waals surface area contributed by atoms with Gasteiger partial charge in [-0.05, 0) is 38.5 Å². The number of rotatable bonds is 1. The van der Waals surface area contributed by atoms with E-state index in [1.54, 1.807) is 0 Å². The van der Waals surface area contributed by atoms with Crippen molar-refractivity contribution in [2.75, 3.05) is 0 Å². The molecule has 0 N–H and O–H groups in total. The maximum atomic E-state index is 11.7. The van der Waals surface area contributed by atoms with Crippen LogP contribution < -0.4 is 0 Å². The van der Waals surface area contributed by atoms with E-state index in [9.17, 15) is 9.59 Å². The molecule has 2 heterocycles. The minimum atomic E-state index is -0.229. The van der Waals surface area contributed by atoms with Gasteiger partial charge in [0, 0.05) is 12.8 Å². The van der Waals surface area contributed by atoms with Gasteiger partial charge in [0.05, 0.1) is 0 Å². The number of hydrogen-bond acceptors (Lipinski definition) is 4. The minimum Gasteiger partial charge on any atom is -0.458 e. The average molecular weight is 268 g/mol. The van der Waals surface area contributed by atoms with E-state index in [0.29, 0.717) is 12.8 Å². The maximum Gasteiger partial charge on any atom is 0.306 e. The smallest absolute Gasteiger partial charge is 0.306 e. The van der Waals surface area contributed by atoms with E-state index in [-0.39, 0.29) is 24.1 Å². The van der Waals surface area contributed by atoms with E-state index in [2.05, 4.69) is 0 Å². The first-order valence-electron chi connectivity index (χ1n) is 7.64. The van der Waals surface area contributed by atoms with Crippen LogP contribution >= 0.6 is 0 Å². The fourth-order valence-corrected chi connectivity index (χ4v) is 2.86. The van der Waals surface area contributed by atoms with Gasteiger partial charge in [-0.15, -0.1) is 0 Å². The molecule has 0 bridgehead atoms. The first kappa shape index (κ1) is 14.4. The second kappa shape index (κ2) is 7.51. The lowest BCUT2D eigenvalue weighted by atomic mass is 9.99. The van der Waals surface area contributed by atoms with Crippen molar-refractivity contribution in [2.45, 2.75) is 82.8 Å². The van der Waals surface area contributed by atoms with Gasteiger partial charge in [-0.2, -0.15) is 0 Å². The number of hydrogen-bond donors (Lipinski definition) is 0. The van der Waals surface area contributed by atoms with Gasteiger partial charge in [-0.1, -0.05) is 19.3 Å². The zero-order valence-electron chi connectivity index (χ0n) is 11.6. The molecule has 0 radical (unpaired) electrons. The van der Waals surface area contributed by atoms with E-state index in [4.69, 9.17) is 9.47 Å². The Hall–Kier alpha value is -1.06. The van der Waals surface area contributed by atoms with Crippen LogP contribution in [0.1, 0.15) is 70.6 Å². The van der Waals surface area contributed by atoms with Crippen molar-refractivity contribution >= 4 is 11.9 Å². The molecule has 0 aromatic heterocycles. The normalized spacial score (nSPS) is 30.9. The summed E-state index contributed by atoms with van der Waals surface area (Å²) < 4.78 is 11.0. The lowest BCUT2D eigenvalue weighted by molar-refractivity contribution is -0.170. The first-order chi connectivity index (χ1) is 9.25. The molecule has 2 rings (SSSR count). The van der Waals surface area contributed by atoms with Gasteiger partial charge in [0.2, 0.25) is 0 Å². The summed E-state index contributed by atoms with van der Waals surface area (Å²) in [5.74, 6) is -0.273. The van der Waals surface area contributed by atoms with Crippen molar-refractivity contribution in [1.29, 1.82) is 0 Å². The van der Waals surface area contributed by atoms with E-state index in [1.165, 1.54) is 0 Å². The molecule has 0 aromatic carbocycles. The van der Waals surface area contributed by atoms with Crippen molar-refractivity contribution in [3.05, 3.63) is 0 Å². The third kappa shape index (κ3) is 4.84. The van der Waals surface area contributed by atoms with Crippen LogP contribution in [-0.2, 0) is 19.1 Å². The van der Waals surface area contributed by atoms with Gasteiger partial charge in [0.25, 0.3) is 0 Å². The van der Waals surface area contributed by atoms with Crippen LogP contribution in [0.2, 0.25) is 0 Å². The van der Waals surface area contributed by atoms with E-state index in [1.807, 2.05) is 0 Å². The molecule has 19 heavy (non-hydrogen) atoms. The largest absolute Gasteiger partial charge is 0.458 e. The Kier molecular flexibility index (Phi) is 5.67. The maximum absolute atomic E-state index is 11.7.